The lowest BCUT2D eigenvalue weighted by molar-refractivity contribution is -0.198. The quantitative estimate of drug-likeness (QED) is 0.259. The molecule has 0 aromatic heterocycles. The fourth-order valence-corrected chi connectivity index (χ4v) is 3.25. The van der Waals surface area contributed by atoms with Crippen molar-refractivity contribution in [2.75, 3.05) is 19.3 Å². The van der Waals surface area contributed by atoms with E-state index in [1.54, 1.807) is 0 Å². The van der Waals surface area contributed by atoms with Crippen LogP contribution in [0.5, 0.6) is 0 Å². The topological polar surface area (TPSA) is 205 Å². The largest absolute Gasteiger partial charge is 0.341 e. The van der Waals surface area contributed by atoms with Gasteiger partial charge in [-0.05, 0) is 0 Å². The Morgan fingerprint density at radius 1 is 0.781 bits per heavy atom. The average Bonchev–Trinajstić information content (AvgIpc) is 3.16. The third-order valence-corrected chi connectivity index (χ3v) is 4.95. The summed E-state index contributed by atoms with van der Waals surface area (Å²) in [6, 6.07) is 0. The molecule has 0 saturated carbocycles. The zero-order chi connectivity index (χ0) is 24.1. The maximum Gasteiger partial charge on any atom is 0.334 e. The van der Waals surface area contributed by atoms with E-state index < -0.39 is 81.2 Å². The van der Waals surface area contributed by atoms with E-state index in [4.69, 9.17) is 9.79 Å². The minimum Gasteiger partial charge on any atom is -0.341 e. The maximum atomic E-state index is 12.2. The summed E-state index contributed by atoms with van der Waals surface area (Å²) in [6.07, 6.45) is -2.83. The highest BCUT2D eigenvalue weighted by Crippen LogP contribution is 2.34. The third-order valence-electron chi connectivity index (χ3n) is 4.26. The second-order valence-electron chi connectivity index (χ2n) is 6.79. The summed E-state index contributed by atoms with van der Waals surface area (Å²) in [6.45, 7) is -0.939. The summed E-state index contributed by atoms with van der Waals surface area (Å²) in [7, 11) is -4.77. The number of carbonyl (C=O) groups is 7. The van der Waals surface area contributed by atoms with Crippen molar-refractivity contribution in [3.8, 4) is 0 Å². The number of hydrogen-bond acceptors (Lipinski definition) is 10. The van der Waals surface area contributed by atoms with Gasteiger partial charge in [-0.25, -0.2) is 9.59 Å². The van der Waals surface area contributed by atoms with Gasteiger partial charge in [0.2, 0.25) is 5.91 Å². The molecule has 2 aliphatic heterocycles. The second kappa shape index (κ2) is 10.4. The summed E-state index contributed by atoms with van der Waals surface area (Å²) in [4.78, 5) is 110. The van der Waals surface area contributed by atoms with Crippen LogP contribution in [0.4, 0.5) is 0 Å². The van der Waals surface area contributed by atoms with Crippen molar-refractivity contribution in [2.45, 2.75) is 38.5 Å². The van der Waals surface area contributed by atoms with Gasteiger partial charge in [0.15, 0.2) is 0 Å². The van der Waals surface area contributed by atoms with Crippen molar-refractivity contribution in [2.24, 2.45) is 0 Å². The molecule has 2 saturated heterocycles. The van der Waals surface area contributed by atoms with Gasteiger partial charge in [-0.3, -0.25) is 28.5 Å². The first-order chi connectivity index (χ1) is 14.9. The van der Waals surface area contributed by atoms with Crippen LogP contribution in [0.1, 0.15) is 38.5 Å². The Morgan fingerprint density at radius 3 is 1.44 bits per heavy atom. The van der Waals surface area contributed by atoms with Gasteiger partial charge < -0.3 is 24.4 Å². The summed E-state index contributed by atoms with van der Waals surface area (Å²) in [5.74, 6) is -6.10. The van der Waals surface area contributed by atoms with Crippen molar-refractivity contribution >= 4 is 49.1 Å². The van der Waals surface area contributed by atoms with Crippen LogP contribution in [0.3, 0.4) is 0 Å². The van der Waals surface area contributed by atoms with E-state index in [1.807, 2.05) is 0 Å². The molecule has 2 N–H and O–H groups in total. The predicted molar refractivity (Wildman–Crippen MR) is 97.1 cm³/mol. The normalized spacial score (nSPS) is 16.6. The molecule has 176 valence electrons. The molecule has 2 aliphatic rings. The van der Waals surface area contributed by atoms with Gasteiger partial charge in [0.25, 0.3) is 23.6 Å². The molecule has 15 nitrogen and oxygen atoms in total. The van der Waals surface area contributed by atoms with E-state index in [9.17, 15) is 38.1 Å². The molecule has 0 aromatic rings. The molecule has 2 heterocycles. The van der Waals surface area contributed by atoms with Crippen LogP contribution in [0.2, 0.25) is 0 Å². The third kappa shape index (κ3) is 7.21. The van der Waals surface area contributed by atoms with Gasteiger partial charge in [-0.15, -0.1) is 10.1 Å². The zero-order valence-corrected chi connectivity index (χ0v) is 17.5. The Hall–Kier alpha value is -3.16. The highest BCUT2D eigenvalue weighted by Gasteiger charge is 2.34. The monoisotopic (exact) mass is 477 g/mol. The molecule has 0 aromatic carbocycles. The first-order valence-electron chi connectivity index (χ1n) is 9.33. The molecular weight excluding hydrogens is 457 g/mol. The molecular formula is C16H20N3O12P. The predicted octanol–water partition coefficient (Wildman–Crippen LogP) is -2.01. The van der Waals surface area contributed by atoms with Crippen LogP contribution in [0.25, 0.3) is 0 Å². The number of rotatable bonds is 10. The van der Waals surface area contributed by atoms with Crippen LogP contribution in [-0.2, 0) is 47.8 Å². The van der Waals surface area contributed by atoms with Crippen molar-refractivity contribution in [1.29, 1.82) is 0 Å². The van der Waals surface area contributed by atoms with E-state index >= 15 is 0 Å². The Labute approximate surface area is 180 Å². The van der Waals surface area contributed by atoms with E-state index in [1.165, 1.54) is 0 Å². The van der Waals surface area contributed by atoms with Gasteiger partial charge in [-0.2, -0.15) is 0 Å². The molecule has 2 fully saturated rings. The van der Waals surface area contributed by atoms with Gasteiger partial charge >= 0.3 is 19.5 Å². The Bertz CT molecular complexity index is 811. The minimum atomic E-state index is -4.77. The van der Waals surface area contributed by atoms with Gasteiger partial charge in [-0.1, -0.05) is 0 Å². The first-order valence-corrected chi connectivity index (χ1v) is 11.1. The SMILES string of the molecule is O=C(CCN(CCC(=O)ON1C(=O)CCC1=O)C(=O)CP(=O)(O)O)ON1C(=O)CCC1=O. The van der Waals surface area contributed by atoms with E-state index in [0.29, 0.717) is 10.1 Å². The fraction of sp³-hybridized carbons (Fsp3) is 0.562. The standard InChI is InChI=1S/C16H20N3O12P/c20-10-1-2-11(21)18(10)30-15(25)5-7-17(14(24)9-32(27,28)29)8-6-16(26)31-19-12(22)3-4-13(19)23/h1-9H2,(H2,27,28,29). The lowest BCUT2D eigenvalue weighted by Crippen LogP contribution is -2.39. The van der Waals surface area contributed by atoms with Crippen LogP contribution < -0.4 is 0 Å². The number of imide groups is 2. The molecule has 0 spiro atoms. The first kappa shape index (κ1) is 25.1. The van der Waals surface area contributed by atoms with Crippen molar-refractivity contribution < 1.29 is 57.6 Å². The number of hydrogen-bond donors (Lipinski definition) is 2. The van der Waals surface area contributed by atoms with Gasteiger partial charge in [0.05, 0.1) is 12.8 Å². The smallest absolute Gasteiger partial charge is 0.334 e. The van der Waals surface area contributed by atoms with E-state index in [-0.39, 0.29) is 25.7 Å². The van der Waals surface area contributed by atoms with Crippen molar-refractivity contribution in [3.63, 3.8) is 0 Å². The average molecular weight is 477 g/mol. The number of carbonyl (C=O) groups excluding carboxylic acids is 7. The second-order valence-corrected chi connectivity index (χ2v) is 8.44. The molecule has 2 rings (SSSR count). The highest BCUT2D eigenvalue weighted by molar-refractivity contribution is 7.52. The fourth-order valence-electron chi connectivity index (χ4n) is 2.70. The number of hydroxylamine groups is 4. The zero-order valence-electron chi connectivity index (χ0n) is 16.6. The Balaban J connectivity index is 1.93. The minimum absolute atomic E-state index is 0.122. The van der Waals surface area contributed by atoms with Crippen molar-refractivity contribution in [3.05, 3.63) is 0 Å². The number of amides is 5. The van der Waals surface area contributed by atoms with Crippen LogP contribution in [0.15, 0.2) is 0 Å². The van der Waals surface area contributed by atoms with E-state index in [2.05, 4.69) is 9.68 Å². The maximum absolute atomic E-state index is 12.2. The van der Waals surface area contributed by atoms with Crippen LogP contribution >= 0.6 is 7.60 Å². The highest BCUT2D eigenvalue weighted by atomic mass is 31.2. The van der Waals surface area contributed by atoms with Crippen LogP contribution in [0, 0.1) is 0 Å². The van der Waals surface area contributed by atoms with E-state index in [0.717, 1.165) is 4.90 Å². The van der Waals surface area contributed by atoms with Gasteiger partial charge in [0, 0.05) is 38.8 Å². The lowest BCUT2D eigenvalue weighted by atomic mass is 10.3. The van der Waals surface area contributed by atoms with Crippen LogP contribution in [-0.4, -0.2) is 85.5 Å². The summed E-state index contributed by atoms with van der Waals surface area (Å²) < 4.78 is 11.1. The molecule has 5 amide bonds. The summed E-state index contributed by atoms with van der Waals surface area (Å²) in [5.41, 5.74) is 0. The summed E-state index contributed by atoms with van der Waals surface area (Å²) in [5, 5.41) is 0.594. The molecule has 0 unspecified atom stereocenters. The summed E-state index contributed by atoms with van der Waals surface area (Å²) >= 11 is 0. The molecule has 0 bridgehead atoms. The molecule has 32 heavy (non-hydrogen) atoms. The Morgan fingerprint density at radius 2 is 1.12 bits per heavy atom. The van der Waals surface area contributed by atoms with Crippen molar-refractivity contribution in [1.82, 2.24) is 15.0 Å². The number of nitrogens with zero attached hydrogens (tertiary/aromatic N) is 3. The molecule has 0 radical (unpaired) electrons. The van der Waals surface area contributed by atoms with Gasteiger partial charge in [0.1, 0.15) is 6.16 Å². The lowest BCUT2D eigenvalue weighted by Gasteiger charge is -2.23. The molecule has 16 heteroatoms. The molecule has 0 aliphatic carbocycles. The molecule has 0 atom stereocenters. The Kier molecular flexibility index (Phi) is 8.19.